The quantitative estimate of drug-likeness (QED) is 0.419. The van der Waals surface area contributed by atoms with E-state index >= 15 is 0 Å². The predicted molar refractivity (Wildman–Crippen MR) is 118 cm³/mol. The molecule has 0 saturated heterocycles. The number of aliphatic carboxylic acids is 1. The summed E-state index contributed by atoms with van der Waals surface area (Å²) in [7, 11) is 0. The number of hydrogen-bond acceptors (Lipinski definition) is 6. The van der Waals surface area contributed by atoms with E-state index in [0.717, 1.165) is 11.6 Å². The summed E-state index contributed by atoms with van der Waals surface area (Å²) in [6.45, 7) is 3.36. The number of nitrogens with zero attached hydrogens (tertiary/aromatic N) is 2. The number of carboxylic acids is 1. The predicted octanol–water partition coefficient (Wildman–Crippen LogP) is 5.46. The second kappa shape index (κ2) is 10.9. The van der Waals surface area contributed by atoms with Crippen LogP contribution in [0.4, 0.5) is 13.2 Å². The molecule has 0 amide bonds. The van der Waals surface area contributed by atoms with Gasteiger partial charge in [0.1, 0.15) is 5.75 Å². The zero-order chi connectivity index (χ0) is 23.5. The smallest absolute Gasteiger partial charge is 0.419 e. The maximum atomic E-state index is 13.5. The fourth-order valence-corrected chi connectivity index (χ4v) is 3.14. The highest BCUT2D eigenvalue weighted by atomic mass is 35.5. The highest BCUT2D eigenvalue weighted by Gasteiger charge is 2.35. The van der Waals surface area contributed by atoms with E-state index in [-0.39, 0.29) is 53.5 Å². The summed E-state index contributed by atoms with van der Waals surface area (Å²) in [5.74, 6) is -1.27. The molecule has 33 heavy (non-hydrogen) atoms. The van der Waals surface area contributed by atoms with Crippen LogP contribution in [0.15, 0.2) is 40.9 Å². The van der Waals surface area contributed by atoms with E-state index in [2.05, 4.69) is 15.5 Å². The van der Waals surface area contributed by atoms with Gasteiger partial charge in [0.25, 0.3) is 5.89 Å². The average molecular weight is 506 g/mol. The van der Waals surface area contributed by atoms with Gasteiger partial charge in [-0.15, -0.1) is 12.4 Å². The molecule has 0 saturated carbocycles. The lowest BCUT2D eigenvalue weighted by atomic mass is 10.1. The fraction of sp³-hybridized carbons (Fsp3) is 0.286. The van der Waals surface area contributed by atoms with Gasteiger partial charge in [-0.3, -0.25) is 4.79 Å². The minimum absolute atomic E-state index is 0. The van der Waals surface area contributed by atoms with Crippen molar-refractivity contribution in [3.05, 3.63) is 52.5 Å². The largest absolute Gasteiger partial charge is 0.490 e. The van der Waals surface area contributed by atoms with Gasteiger partial charge in [-0.25, -0.2) is 0 Å². The van der Waals surface area contributed by atoms with Crippen molar-refractivity contribution in [1.82, 2.24) is 15.5 Å². The minimum atomic E-state index is -4.63. The van der Waals surface area contributed by atoms with Crippen molar-refractivity contribution in [2.75, 3.05) is 6.54 Å². The molecule has 0 bridgehead atoms. The van der Waals surface area contributed by atoms with E-state index in [9.17, 15) is 18.0 Å². The maximum absolute atomic E-state index is 13.5. The Hall–Kier alpha value is -2.82. The van der Waals surface area contributed by atoms with Crippen molar-refractivity contribution in [2.24, 2.45) is 0 Å². The van der Waals surface area contributed by atoms with Gasteiger partial charge in [-0.2, -0.15) is 18.2 Å². The van der Waals surface area contributed by atoms with Gasteiger partial charge < -0.3 is 19.7 Å². The topological polar surface area (TPSA) is 97.5 Å². The summed E-state index contributed by atoms with van der Waals surface area (Å²) in [4.78, 5) is 14.7. The Morgan fingerprint density at radius 1 is 1.24 bits per heavy atom. The molecule has 0 unspecified atom stereocenters. The number of carbonyl (C=O) groups is 1. The van der Waals surface area contributed by atoms with Crippen LogP contribution >= 0.6 is 24.0 Å². The van der Waals surface area contributed by atoms with Crippen LogP contribution < -0.4 is 10.1 Å². The molecule has 178 valence electrons. The molecule has 7 nitrogen and oxygen atoms in total. The summed E-state index contributed by atoms with van der Waals surface area (Å²) in [6.07, 6.45) is -5.06. The number of hydrogen-bond donors (Lipinski definition) is 2. The van der Waals surface area contributed by atoms with Gasteiger partial charge in [0, 0.05) is 17.7 Å². The van der Waals surface area contributed by atoms with Crippen LogP contribution in [0, 0.1) is 0 Å². The second-order valence-corrected chi connectivity index (χ2v) is 7.52. The van der Waals surface area contributed by atoms with Gasteiger partial charge >= 0.3 is 12.1 Å². The van der Waals surface area contributed by atoms with Crippen molar-refractivity contribution in [3.8, 4) is 28.6 Å². The summed E-state index contributed by atoms with van der Waals surface area (Å²) in [5, 5.41) is 15.5. The Balaban J connectivity index is 0.00000385. The molecule has 0 aliphatic rings. The summed E-state index contributed by atoms with van der Waals surface area (Å²) < 4.78 is 50.9. The Morgan fingerprint density at radius 2 is 1.97 bits per heavy atom. The molecule has 3 rings (SSSR count). The molecule has 12 heteroatoms. The van der Waals surface area contributed by atoms with Gasteiger partial charge in [0.2, 0.25) is 5.82 Å². The Kier molecular flexibility index (Phi) is 8.70. The first-order valence-electron chi connectivity index (χ1n) is 9.48. The number of carboxylic acid groups (broad SMARTS) is 1. The van der Waals surface area contributed by atoms with E-state index in [1.807, 2.05) is 0 Å². The fourth-order valence-electron chi connectivity index (χ4n) is 2.86. The molecular weight excluding hydrogens is 486 g/mol. The van der Waals surface area contributed by atoms with Crippen molar-refractivity contribution in [1.29, 1.82) is 0 Å². The number of alkyl halides is 3. The number of benzene rings is 2. The minimum Gasteiger partial charge on any atom is -0.490 e. The first-order chi connectivity index (χ1) is 15.0. The molecule has 0 aliphatic heterocycles. The molecule has 2 N–H and O–H groups in total. The highest BCUT2D eigenvalue weighted by Crippen LogP contribution is 2.39. The molecule has 2 aromatic carbocycles. The summed E-state index contributed by atoms with van der Waals surface area (Å²) >= 11 is 6.28. The molecule has 3 aromatic rings. The van der Waals surface area contributed by atoms with Gasteiger partial charge in [-0.1, -0.05) is 22.8 Å². The van der Waals surface area contributed by atoms with Crippen LogP contribution in [-0.2, 0) is 17.5 Å². The van der Waals surface area contributed by atoms with Crippen LogP contribution in [0.1, 0.15) is 25.0 Å². The Morgan fingerprint density at radius 3 is 2.58 bits per heavy atom. The van der Waals surface area contributed by atoms with Crippen molar-refractivity contribution in [2.45, 2.75) is 32.7 Å². The number of halogens is 5. The van der Waals surface area contributed by atoms with Crippen molar-refractivity contribution < 1.29 is 32.3 Å². The van der Waals surface area contributed by atoms with Crippen LogP contribution in [-0.4, -0.2) is 33.9 Å². The van der Waals surface area contributed by atoms with Crippen LogP contribution in [0.5, 0.6) is 5.75 Å². The molecule has 0 fully saturated rings. The Labute approximate surface area is 198 Å². The number of rotatable bonds is 8. The first kappa shape index (κ1) is 26.4. The lowest BCUT2D eigenvalue weighted by Gasteiger charge is -2.16. The van der Waals surface area contributed by atoms with Gasteiger partial charge in [0.05, 0.1) is 23.2 Å². The second-order valence-electron chi connectivity index (χ2n) is 7.11. The monoisotopic (exact) mass is 505 g/mol. The maximum Gasteiger partial charge on any atom is 0.419 e. The third-order valence-corrected chi connectivity index (χ3v) is 4.51. The van der Waals surface area contributed by atoms with E-state index in [0.29, 0.717) is 5.56 Å². The van der Waals surface area contributed by atoms with Crippen molar-refractivity contribution >= 4 is 30.0 Å². The van der Waals surface area contributed by atoms with Gasteiger partial charge in [-0.05, 0) is 49.7 Å². The average Bonchev–Trinajstić information content (AvgIpc) is 3.16. The molecular formula is C21H20Cl2F3N3O4. The normalized spacial score (nSPS) is 11.4. The van der Waals surface area contributed by atoms with E-state index in [4.69, 9.17) is 26.0 Å². The highest BCUT2D eigenvalue weighted by molar-refractivity contribution is 6.33. The standard InChI is InChI=1S/C21H19ClF3N3O4.ClH/c1-11(2)31-17-6-4-13(8-15(17)21(23,24)25)20-27-19(28-32-20)14-5-3-12(7-16(14)22)9-26-10-18(29)30;/h3-8,11,26H,9-10H2,1-2H3,(H,29,30);1H. The van der Waals surface area contributed by atoms with Crippen LogP contribution in [0.3, 0.4) is 0 Å². The number of aromatic nitrogens is 2. The van der Waals surface area contributed by atoms with E-state index in [1.165, 1.54) is 12.1 Å². The van der Waals surface area contributed by atoms with Crippen molar-refractivity contribution in [3.63, 3.8) is 0 Å². The molecule has 0 radical (unpaired) electrons. The van der Waals surface area contributed by atoms with E-state index < -0.39 is 23.8 Å². The summed E-state index contributed by atoms with van der Waals surface area (Å²) in [5.41, 5.74) is 0.288. The Bertz CT molecular complexity index is 1120. The third kappa shape index (κ3) is 6.83. The molecule has 0 aliphatic carbocycles. The van der Waals surface area contributed by atoms with Crippen LogP contribution in [0.2, 0.25) is 5.02 Å². The SMILES string of the molecule is CC(C)Oc1ccc(-c2nc(-c3ccc(CNCC(=O)O)cc3Cl)no2)cc1C(F)(F)F.Cl. The molecule has 1 heterocycles. The van der Waals surface area contributed by atoms with Crippen LogP contribution in [0.25, 0.3) is 22.8 Å². The van der Waals surface area contributed by atoms with Gasteiger partial charge in [0.15, 0.2) is 0 Å². The lowest BCUT2D eigenvalue weighted by Crippen LogP contribution is -2.21. The molecule has 1 aromatic heterocycles. The zero-order valence-electron chi connectivity index (χ0n) is 17.4. The third-order valence-electron chi connectivity index (χ3n) is 4.20. The zero-order valence-corrected chi connectivity index (χ0v) is 19.0. The molecule has 0 spiro atoms. The summed E-state index contributed by atoms with van der Waals surface area (Å²) in [6, 6.07) is 8.45. The van der Waals surface area contributed by atoms with E-state index in [1.54, 1.807) is 32.0 Å². The number of nitrogens with one attached hydrogen (secondary N) is 1. The molecule has 0 atom stereocenters. The lowest BCUT2D eigenvalue weighted by molar-refractivity contribution is -0.139. The first-order valence-corrected chi connectivity index (χ1v) is 9.85. The number of ether oxygens (including phenoxy) is 1.